The average Bonchev–Trinajstić information content (AvgIpc) is 2.27. The molecule has 0 unspecified atom stereocenters. The Morgan fingerprint density at radius 1 is 1.50 bits per heavy atom. The lowest BCUT2D eigenvalue weighted by molar-refractivity contribution is 0.239. The molecule has 0 saturated carbocycles. The van der Waals surface area contributed by atoms with Crippen molar-refractivity contribution in [2.24, 2.45) is 0 Å². The van der Waals surface area contributed by atoms with E-state index >= 15 is 0 Å². The highest BCUT2D eigenvalue weighted by Crippen LogP contribution is 2.16. The van der Waals surface area contributed by atoms with E-state index in [0.29, 0.717) is 6.54 Å². The topological polar surface area (TPSA) is 41.1 Å². The molecular weight excluding hydrogens is 268 g/mol. The molecule has 2 amide bonds. The zero-order chi connectivity index (χ0) is 12.0. The molecule has 0 saturated heterocycles. The van der Waals surface area contributed by atoms with Crippen molar-refractivity contribution < 1.29 is 4.79 Å². The highest BCUT2D eigenvalue weighted by Gasteiger charge is 2.07. The van der Waals surface area contributed by atoms with Crippen LogP contribution in [0.25, 0.3) is 0 Å². The minimum atomic E-state index is -0.185. The fourth-order valence-electron chi connectivity index (χ4n) is 1.25. The van der Waals surface area contributed by atoms with Crippen molar-refractivity contribution in [3.05, 3.63) is 47.0 Å². The van der Waals surface area contributed by atoms with E-state index in [2.05, 4.69) is 33.1 Å². The van der Waals surface area contributed by atoms with Gasteiger partial charge in [0.25, 0.3) is 0 Å². The van der Waals surface area contributed by atoms with Gasteiger partial charge in [0.2, 0.25) is 0 Å². The van der Waals surface area contributed by atoms with Crippen molar-refractivity contribution in [1.29, 1.82) is 0 Å². The van der Waals surface area contributed by atoms with Crippen LogP contribution in [0, 0.1) is 0 Å². The van der Waals surface area contributed by atoms with Gasteiger partial charge in [0.15, 0.2) is 0 Å². The molecule has 1 rings (SSSR count). The summed E-state index contributed by atoms with van der Waals surface area (Å²) in [5, 5.41) is 5.50. The molecule has 0 heterocycles. The van der Waals surface area contributed by atoms with E-state index in [9.17, 15) is 4.79 Å². The molecule has 16 heavy (non-hydrogen) atoms. The minimum Gasteiger partial charge on any atom is -0.335 e. The quantitative estimate of drug-likeness (QED) is 0.819. The second-order valence-corrected chi connectivity index (χ2v) is 4.33. The van der Waals surface area contributed by atoms with Gasteiger partial charge in [-0.15, -0.1) is 6.58 Å². The fraction of sp³-hybridized carbons (Fsp3) is 0.250. The summed E-state index contributed by atoms with van der Waals surface area (Å²) in [5.74, 6) is 0. The summed E-state index contributed by atoms with van der Waals surface area (Å²) >= 11 is 3.37. The van der Waals surface area contributed by atoms with Crippen molar-refractivity contribution in [2.45, 2.75) is 13.0 Å². The van der Waals surface area contributed by atoms with Gasteiger partial charge in [0, 0.05) is 11.0 Å². The van der Waals surface area contributed by atoms with Crippen LogP contribution >= 0.6 is 15.9 Å². The molecule has 0 aliphatic rings. The highest BCUT2D eigenvalue weighted by atomic mass is 79.9. The summed E-state index contributed by atoms with van der Waals surface area (Å²) in [5.41, 5.74) is 1.07. The Kier molecular flexibility index (Phi) is 5.05. The number of hydrogen-bond donors (Lipinski definition) is 2. The average molecular weight is 283 g/mol. The molecule has 0 spiro atoms. The lowest BCUT2D eigenvalue weighted by Gasteiger charge is -2.14. The molecule has 0 aliphatic heterocycles. The molecule has 4 heteroatoms. The number of halogens is 1. The maximum Gasteiger partial charge on any atom is 0.315 e. The number of amides is 2. The molecule has 2 N–H and O–H groups in total. The van der Waals surface area contributed by atoms with Crippen molar-refractivity contribution in [2.75, 3.05) is 6.54 Å². The smallest absolute Gasteiger partial charge is 0.315 e. The normalized spacial score (nSPS) is 11.6. The molecular formula is C12H15BrN2O. The molecule has 0 aromatic heterocycles. The van der Waals surface area contributed by atoms with Gasteiger partial charge in [0.05, 0.1) is 6.04 Å². The monoisotopic (exact) mass is 282 g/mol. The SMILES string of the molecule is C=CCNC(=O)N[C@H](C)c1ccc(Br)cc1. The van der Waals surface area contributed by atoms with E-state index < -0.39 is 0 Å². The minimum absolute atomic E-state index is 0.0158. The molecule has 1 atom stereocenters. The number of hydrogen-bond acceptors (Lipinski definition) is 1. The van der Waals surface area contributed by atoms with Gasteiger partial charge in [-0.05, 0) is 24.6 Å². The number of urea groups is 1. The molecule has 86 valence electrons. The van der Waals surface area contributed by atoms with E-state index in [4.69, 9.17) is 0 Å². The van der Waals surface area contributed by atoms with E-state index in [1.165, 1.54) is 0 Å². The summed E-state index contributed by atoms with van der Waals surface area (Å²) in [7, 11) is 0. The van der Waals surface area contributed by atoms with E-state index in [1.54, 1.807) is 6.08 Å². The summed E-state index contributed by atoms with van der Waals surface area (Å²) in [6, 6.07) is 7.66. The second-order valence-electron chi connectivity index (χ2n) is 3.42. The van der Waals surface area contributed by atoms with Crippen LogP contribution < -0.4 is 10.6 Å². The number of carbonyl (C=O) groups is 1. The van der Waals surface area contributed by atoms with E-state index in [-0.39, 0.29) is 12.1 Å². The first-order valence-corrected chi connectivity index (χ1v) is 5.83. The first kappa shape index (κ1) is 12.8. The van der Waals surface area contributed by atoms with Crippen LogP contribution in [0.3, 0.4) is 0 Å². The Labute approximate surface area is 104 Å². The van der Waals surface area contributed by atoms with Crippen LogP contribution in [0.1, 0.15) is 18.5 Å². The predicted molar refractivity (Wildman–Crippen MR) is 69.3 cm³/mol. The number of carbonyl (C=O) groups excluding carboxylic acids is 1. The number of nitrogens with one attached hydrogen (secondary N) is 2. The third-order valence-corrected chi connectivity index (χ3v) is 2.65. The predicted octanol–water partition coefficient (Wildman–Crippen LogP) is 3.00. The van der Waals surface area contributed by atoms with Gasteiger partial charge in [-0.25, -0.2) is 4.79 Å². The third-order valence-electron chi connectivity index (χ3n) is 2.12. The summed E-state index contributed by atoms with van der Waals surface area (Å²) in [4.78, 5) is 11.4. The van der Waals surface area contributed by atoms with Gasteiger partial charge in [-0.1, -0.05) is 34.1 Å². The molecule has 1 aromatic rings. The van der Waals surface area contributed by atoms with Crippen LogP contribution in [0.15, 0.2) is 41.4 Å². The summed E-state index contributed by atoms with van der Waals surface area (Å²) in [6.45, 7) is 5.94. The Morgan fingerprint density at radius 3 is 2.69 bits per heavy atom. The second kappa shape index (κ2) is 6.33. The van der Waals surface area contributed by atoms with E-state index in [1.807, 2.05) is 31.2 Å². The van der Waals surface area contributed by atoms with Crippen molar-refractivity contribution >= 4 is 22.0 Å². The Balaban J connectivity index is 2.51. The molecule has 1 aromatic carbocycles. The van der Waals surface area contributed by atoms with Crippen LogP contribution in [0.2, 0.25) is 0 Å². The highest BCUT2D eigenvalue weighted by molar-refractivity contribution is 9.10. The summed E-state index contributed by atoms with van der Waals surface area (Å²) < 4.78 is 1.03. The lowest BCUT2D eigenvalue weighted by atomic mass is 10.1. The van der Waals surface area contributed by atoms with Crippen molar-refractivity contribution in [1.82, 2.24) is 10.6 Å². The molecule has 0 bridgehead atoms. The maximum atomic E-state index is 11.4. The molecule has 0 radical (unpaired) electrons. The third kappa shape index (κ3) is 4.06. The Hall–Kier alpha value is -1.29. The standard InChI is InChI=1S/C12H15BrN2O/c1-3-8-14-12(16)15-9(2)10-4-6-11(13)7-5-10/h3-7,9H,1,8H2,2H3,(H2,14,15,16)/t9-/m1/s1. The van der Waals surface area contributed by atoms with Gasteiger partial charge < -0.3 is 10.6 Å². The molecule has 3 nitrogen and oxygen atoms in total. The van der Waals surface area contributed by atoms with Gasteiger partial charge in [-0.3, -0.25) is 0 Å². The largest absolute Gasteiger partial charge is 0.335 e. The van der Waals surface area contributed by atoms with Crippen molar-refractivity contribution in [3.8, 4) is 0 Å². The molecule has 0 fully saturated rings. The van der Waals surface area contributed by atoms with Crippen LogP contribution in [0.5, 0.6) is 0 Å². The van der Waals surface area contributed by atoms with Crippen LogP contribution in [-0.4, -0.2) is 12.6 Å². The Bertz CT molecular complexity index is 362. The number of rotatable bonds is 4. The first-order chi connectivity index (χ1) is 7.63. The number of benzene rings is 1. The molecule has 0 aliphatic carbocycles. The first-order valence-electron chi connectivity index (χ1n) is 5.04. The van der Waals surface area contributed by atoms with Gasteiger partial charge in [-0.2, -0.15) is 0 Å². The van der Waals surface area contributed by atoms with Crippen LogP contribution in [-0.2, 0) is 0 Å². The van der Waals surface area contributed by atoms with Crippen LogP contribution in [0.4, 0.5) is 4.79 Å². The van der Waals surface area contributed by atoms with Gasteiger partial charge >= 0.3 is 6.03 Å². The zero-order valence-corrected chi connectivity index (χ0v) is 10.8. The fourth-order valence-corrected chi connectivity index (χ4v) is 1.51. The maximum absolute atomic E-state index is 11.4. The van der Waals surface area contributed by atoms with E-state index in [0.717, 1.165) is 10.0 Å². The summed E-state index contributed by atoms with van der Waals surface area (Å²) in [6.07, 6.45) is 1.64. The zero-order valence-electron chi connectivity index (χ0n) is 9.16. The van der Waals surface area contributed by atoms with Crippen molar-refractivity contribution in [3.63, 3.8) is 0 Å². The van der Waals surface area contributed by atoms with Gasteiger partial charge in [0.1, 0.15) is 0 Å². The lowest BCUT2D eigenvalue weighted by Crippen LogP contribution is -2.36. The Morgan fingerprint density at radius 2 is 2.12 bits per heavy atom.